The minimum atomic E-state index is -4.55. The SMILES string of the molecule is CCCCCCCCCCCCOS(=O)(=O)OC(=O)CCC(=O)OS(=O)(=O)OCCCCCCCCCCCC. The van der Waals surface area contributed by atoms with E-state index in [4.69, 9.17) is 0 Å². The summed E-state index contributed by atoms with van der Waals surface area (Å²) in [6.07, 6.45) is 20.2. The molecule has 0 aliphatic rings. The topological polar surface area (TPSA) is 139 Å². The molecule has 0 aromatic rings. The molecule has 0 aromatic carbocycles. The third-order valence-electron chi connectivity index (χ3n) is 6.37. The molecule has 0 spiro atoms. The van der Waals surface area contributed by atoms with Gasteiger partial charge >= 0.3 is 32.7 Å². The molecule has 0 saturated heterocycles. The van der Waals surface area contributed by atoms with Crippen LogP contribution >= 0.6 is 0 Å². The minimum Gasteiger partial charge on any atom is -0.325 e. The van der Waals surface area contributed by atoms with E-state index in [1.54, 1.807) is 0 Å². The Morgan fingerprint density at radius 3 is 0.950 bits per heavy atom. The zero-order chi connectivity index (χ0) is 30.0. The molecular weight excluding hydrogens is 560 g/mol. The lowest BCUT2D eigenvalue weighted by molar-refractivity contribution is -0.141. The molecule has 0 amide bonds. The molecule has 0 fully saturated rings. The van der Waals surface area contributed by atoms with Crippen molar-refractivity contribution < 1.29 is 43.2 Å². The molecular formula is C28H54O10S2. The lowest BCUT2D eigenvalue weighted by Crippen LogP contribution is -2.19. The number of hydrogen-bond donors (Lipinski definition) is 0. The van der Waals surface area contributed by atoms with Gasteiger partial charge in [-0.2, -0.15) is 16.8 Å². The first kappa shape index (κ1) is 38.8. The Bertz CT molecular complexity index is 771. The van der Waals surface area contributed by atoms with Gasteiger partial charge in [0.1, 0.15) is 0 Å². The van der Waals surface area contributed by atoms with Gasteiger partial charge in [-0.15, -0.1) is 0 Å². The summed E-state index contributed by atoms with van der Waals surface area (Å²) in [5.41, 5.74) is 0. The van der Waals surface area contributed by atoms with Crippen molar-refractivity contribution in [1.29, 1.82) is 0 Å². The highest BCUT2D eigenvalue weighted by atomic mass is 32.3. The summed E-state index contributed by atoms with van der Waals surface area (Å²) >= 11 is 0. The molecule has 0 aliphatic carbocycles. The second-order valence-electron chi connectivity index (χ2n) is 10.2. The zero-order valence-corrected chi connectivity index (χ0v) is 26.5. The maximum atomic E-state index is 11.8. The van der Waals surface area contributed by atoms with Gasteiger partial charge in [0.15, 0.2) is 0 Å². The summed E-state index contributed by atoms with van der Waals surface area (Å²) in [6, 6.07) is 0. The van der Waals surface area contributed by atoms with E-state index < -0.39 is 45.6 Å². The predicted molar refractivity (Wildman–Crippen MR) is 155 cm³/mol. The molecule has 10 nitrogen and oxygen atoms in total. The van der Waals surface area contributed by atoms with Crippen LogP contribution in [0.1, 0.15) is 155 Å². The molecule has 40 heavy (non-hydrogen) atoms. The van der Waals surface area contributed by atoms with Crippen LogP contribution in [0.3, 0.4) is 0 Å². The van der Waals surface area contributed by atoms with E-state index in [0.717, 1.165) is 51.4 Å². The van der Waals surface area contributed by atoms with Gasteiger partial charge in [0.05, 0.1) is 26.1 Å². The van der Waals surface area contributed by atoms with Crippen LogP contribution in [0.4, 0.5) is 0 Å². The Kier molecular flexibility index (Phi) is 24.7. The van der Waals surface area contributed by atoms with E-state index in [1.807, 2.05) is 0 Å². The second-order valence-corrected chi connectivity index (χ2v) is 12.7. The molecule has 0 aliphatic heterocycles. The van der Waals surface area contributed by atoms with Crippen LogP contribution in [-0.2, 0) is 47.1 Å². The standard InChI is InChI=1S/C28H54O10S2/c1-3-5-7-9-11-13-15-17-19-21-25-35-39(31,32)37-27(29)23-24-28(30)38-40(33,34)36-26-22-20-18-16-14-12-10-8-6-4-2/h3-26H2,1-2H3. The van der Waals surface area contributed by atoms with Gasteiger partial charge in [0, 0.05) is 0 Å². The van der Waals surface area contributed by atoms with E-state index >= 15 is 0 Å². The fourth-order valence-corrected chi connectivity index (χ4v) is 5.43. The van der Waals surface area contributed by atoms with Gasteiger partial charge in [0.2, 0.25) is 0 Å². The maximum Gasteiger partial charge on any atom is 0.451 e. The first-order valence-electron chi connectivity index (χ1n) is 15.3. The predicted octanol–water partition coefficient (Wildman–Crippen LogP) is 7.22. The fraction of sp³-hybridized carbons (Fsp3) is 0.929. The van der Waals surface area contributed by atoms with Gasteiger partial charge in [0.25, 0.3) is 0 Å². The number of unbranched alkanes of at least 4 members (excludes halogenated alkanes) is 18. The average molecular weight is 615 g/mol. The largest absolute Gasteiger partial charge is 0.451 e. The Hall–Kier alpha value is -1.24. The Morgan fingerprint density at radius 1 is 0.425 bits per heavy atom. The lowest BCUT2D eigenvalue weighted by atomic mass is 10.1. The van der Waals surface area contributed by atoms with Gasteiger partial charge in [-0.3, -0.25) is 9.59 Å². The summed E-state index contributed by atoms with van der Waals surface area (Å²) in [7, 11) is -9.10. The van der Waals surface area contributed by atoms with Crippen LogP contribution in [0.15, 0.2) is 0 Å². The summed E-state index contributed by atoms with van der Waals surface area (Å²) in [5, 5.41) is 0. The molecule has 0 radical (unpaired) electrons. The van der Waals surface area contributed by atoms with Gasteiger partial charge in [-0.25, -0.2) is 8.37 Å². The Morgan fingerprint density at radius 2 is 0.675 bits per heavy atom. The molecule has 0 atom stereocenters. The van der Waals surface area contributed by atoms with Gasteiger partial charge in [-0.1, -0.05) is 129 Å². The van der Waals surface area contributed by atoms with Crippen LogP contribution in [0.5, 0.6) is 0 Å². The summed E-state index contributed by atoms with van der Waals surface area (Å²) in [6.45, 7) is 4.16. The monoisotopic (exact) mass is 614 g/mol. The smallest absolute Gasteiger partial charge is 0.325 e. The van der Waals surface area contributed by atoms with E-state index in [2.05, 4.69) is 30.6 Å². The molecule has 0 bridgehead atoms. The van der Waals surface area contributed by atoms with Crippen molar-refractivity contribution in [1.82, 2.24) is 0 Å². The molecule has 0 saturated carbocycles. The van der Waals surface area contributed by atoms with Crippen molar-refractivity contribution in [3.8, 4) is 0 Å². The van der Waals surface area contributed by atoms with Crippen LogP contribution in [0.2, 0.25) is 0 Å². The first-order chi connectivity index (χ1) is 19.1. The van der Waals surface area contributed by atoms with Crippen LogP contribution in [0, 0.1) is 0 Å². The third kappa shape index (κ3) is 27.0. The van der Waals surface area contributed by atoms with Gasteiger partial charge in [-0.05, 0) is 12.8 Å². The fourth-order valence-electron chi connectivity index (χ4n) is 4.06. The summed E-state index contributed by atoms with van der Waals surface area (Å²) in [4.78, 5) is 23.5. The number of hydrogen-bond acceptors (Lipinski definition) is 10. The molecule has 238 valence electrons. The van der Waals surface area contributed by atoms with Crippen molar-refractivity contribution >= 4 is 32.7 Å². The average Bonchev–Trinajstić information content (AvgIpc) is 2.88. The Balaban J connectivity index is 3.85. The number of rotatable bonds is 29. The molecule has 12 heteroatoms. The maximum absolute atomic E-state index is 11.8. The Labute approximate surface area is 243 Å². The highest BCUT2D eigenvalue weighted by Gasteiger charge is 2.22. The summed E-state index contributed by atoms with van der Waals surface area (Å²) in [5.74, 6) is -2.49. The third-order valence-corrected chi connectivity index (χ3v) is 8.07. The van der Waals surface area contributed by atoms with E-state index in [0.29, 0.717) is 12.8 Å². The molecule has 0 heterocycles. The quantitative estimate of drug-likeness (QED) is 0.0793. The second kappa shape index (κ2) is 25.5. The molecule has 0 N–H and O–H groups in total. The van der Waals surface area contributed by atoms with Gasteiger partial charge < -0.3 is 8.37 Å². The van der Waals surface area contributed by atoms with E-state index in [9.17, 15) is 26.4 Å². The van der Waals surface area contributed by atoms with Crippen LogP contribution in [0.25, 0.3) is 0 Å². The molecule has 0 rings (SSSR count). The van der Waals surface area contributed by atoms with Crippen molar-refractivity contribution in [2.75, 3.05) is 13.2 Å². The van der Waals surface area contributed by atoms with Crippen molar-refractivity contribution in [3.63, 3.8) is 0 Å². The van der Waals surface area contributed by atoms with Crippen molar-refractivity contribution in [3.05, 3.63) is 0 Å². The highest BCUT2D eigenvalue weighted by Crippen LogP contribution is 2.13. The molecule has 0 unspecified atom stereocenters. The normalized spacial score (nSPS) is 11.9. The van der Waals surface area contributed by atoms with Crippen LogP contribution in [-0.4, -0.2) is 42.0 Å². The number of carbonyl (C=O) groups excluding carboxylic acids is 2. The van der Waals surface area contributed by atoms with E-state index in [-0.39, 0.29) is 13.2 Å². The first-order valence-corrected chi connectivity index (χ1v) is 18.0. The molecule has 0 aromatic heterocycles. The van der Waals surface area contributed by atoms with E-state index in [1.165, 1.54) is 64.2 Å². The number of carbonyl (C=O) groups is 2. The highest BCUT2D eigenvalue weighted by molar-refractivity contribution is 7.82. The van der Waals surface area contributed by atoms with Crippen molar-refractivity contribution in [2.24, 2.45) is 0 Å². The van der Waals surface area contributed by atoms with Crippen LogP contribution < -0.4 is 0 Å². The minimum absolute atomic E-state index is 0.108. The zero-order valence-electron chi connectivity index (χ0n) is 24.9. The summed E-state index contributed by atoms with van der Waals surface area (Å²) < 4.78 is 64.9. The lowest BCUT2D eigenvalue weighted by Gasteiger charge is -2.07. The van der Waals surface area contributed by atoms with Crippen molar-refractivity contribution in [2.45, 2.75) is 155 Å².